The van der Waals surface area contributed by atoms with Gasteiger partial charge in [-0.3, -0.25) is 14.8 Å². The molecule has 0 aromatic carbocycles. The molecule has 0 atom stereocenters. The van der Waals surface area contributed by atoms with Crippen LogP contribution in [0.25, 0.3) is 0 Å². The lowest BCUT2D eigenvalue weighted by Gasteiger charge is -2.30. The van der Waals surface area contributed by atoms with Gasteiger partial charge in [0.1, 0.15) is 5.69 Å². The first kappa shape index (κ1) is 13.4. The van der Waals surface area contributed by atoms with Gasteiger partial charge in [-0.2, -0.15) is 0 Å². The highest BCUT2D eigenvalue weighted by Gasteiger charge is 2.17. The Balaban J connectivity index is 1.80. The van der Waals surface area contributed by atoms with Gasteiger partial charge in [0.25, 0.3) is 5.91 Å². The quantitative estimate of drug-likeness (QED) is 0.904. The first-order chi connectivity index (χ1) is 10.3. The van der Waals surface area contributed by atoms with Crippen LogP contribution >= 0.6 is 0 Å². The number of pyridine rings is 1. The predicted molar refractivity (Wildman–Crippen MR) is 77.3 cm³/mol. The molecule has 0 aliphatic carbocycles. The molecule has 3 heterocycles. The number of amides is 1. The molecular formula is C14H15N5O2. The monoisotopic (exact) mass is 285 g/mol. The summed E-state index contributed by atoms with van der Waals surface area (Å²) in [7, 11) is 0. The average molecular weight is 285 g/mol. The fraction of sp³-hybridized carbons (Fsp3) is 0.286. The predicted octanol–water partition coefficient (Wildman–Crippen LogP) is 0.960. The molecule has 21 heavy (non-hydrogen) atoms. The van der Waals surface area contributed by atoms with Gasteiger partial charge in [0, 0.05) is 31.7 Å². The van der Waals surface area contributed by atoms with E-state index in [0.717, 1.165) is 18.8 Å². The van der Waals surface area contributed by atoms with Crippen molar-refractivity contribution in [2.24, 2.45) is 0 Å². The number of hydrogen-bond donors (Lipinski definition) is 1. The molecule has 1 aliphatic heterocycles. The second-order valence-corrected chi connectivity index (χ2v) is 4.54. The molecule has 7 heteroatoms. The lowest BCUT2D eigenvalue weighted by molar-refractivity contribution is 0.102. The molecule has 1 saturated heterocycles. The minimum Gasteiger partial charge on any atom is -0.378 e. The summed E-state index contributed by atoms with van der Waals surface area (Å²) in [6.45, 7) is 2.94. The molecule has 1 aliphatic rings. The summed E-state index contributed by atoms with van der Waals surface area (Å²) in [5.74, 6) is -0.300. The second kappa shape index (κ2) is 6.27. The molecule has 0 spiro atoms. The fourth-order valence-electron chi connectivity index (χ4n) is 2.17. The van der Waals surface area contributed by atoms with Gasteiger partial charge in [0.2, 0.25) is 0 Å². The topological polar surface area (TPSA) is 80.2 Å². The van der Waals surface area contributed by atoms with Crippen molar-refractivity contribution in [3.8, 4) is 0 Å². The number of nitrogens with one attached hydrogen (secondary N) is 1. The Morgan fingerprint density at radius 1 is 1.14 bits per heavy atom. The van der Waals surface area contributed by atoms with Crippen molar-refractivity contribution in [2.75, 3.05) is 36.5 Å². The molecule has 2 aromatic heterocycles. The Morgan fingerprint density at radius 2 is 1.95 bits per heavy atom. The zero-order valence-electron chi connectivity index (χ0n) is 11.4. The summed E-state index contributed by atoms with van der Waals surface area (Å²) in [5, 5.41) is 2.84. The van der Waals surface area contributed by atoms with Crippen LogP contribution in [-0.2, 0) is 4.74 Å². The first-order valence-electron chi connectivity index (χ1n) is 6.68. The molecule has 1 amide bonds. The van der Waals surface area contributed by atoms with E-state index in [-0.39, 0.29) is 11.6 Å². The normalized spacial score (nSPS) is 14.8. The molecule has 108 valence electrons. The van der Waals surface area contributed by atoms with Gasteiger partial charge in [0.05, 0.1) is 37.0 Å². The third-order valence-electron chi connectivity index (χ3n) is 3.19. The molecule has 2 aromatic rings. The molecule has 0 radical (unpaired) electrons. The lowest BCUT2D eigenvalue weighted by atomic mass is 10.2. The second-order valence-electron chi connectivity index (χ2n) is 4.54. The van der Waals surface area contributed by atoms with Gasteiger partial charge in [-0.25, -0.2) is 4.98 Å². The number of morpholine rings is 1. The van der Waals surface area contributed by atoms with E-state index < -0.39 is 0 Å². The Bertz CT molecular complexity index is 614. The molecule has 1 fully saturated rings. The highest BCUT2D eigenvalue weighted by molar-refractivity contribution is 6.04. The number of carbonyl (C=O) groups excluding carboxylic acids is 1. The van der Waals surface area contributed by atoms with Crippen molar-refractivity contribution in [1.82, 2.24) is 15.0 Å². The maximum atomic E-state index is 12.2. The van der Waals surface area contributed by atoms with Crippen molar-refractivity contribution in [3.05, 3.63) is 42.7 Å². The lowest BCUT2D eigenvalue weighted by Crippen LogP contribution is -2.36. The largest absolute Gasteiger partial charge is 0.378 e. The summed E-state index contributed by atoms with van der Waals surface area (Å²) in [4.78, 5) is 26.3. The third kappa shape index (κ3) is 3.14. The van der Waals surface area contributed by atoms with Crippen LogP contribution in [0.5, 0.6) is 0 Å². The van der Waals surface area contributed by atoms with E-state index in [1.807, 2.05) is 6.07 Å². The van der Waals surface area contributed by atoms with Crippen LogP contribution in [0, 0.1) is 0 Å². The molecule has 7 nitrogen and oxygen atoms in total. The average Bonchev–Trinajstić information content (AvgIpc) is 2.57. The van der Waals surface area contributed by atoms with Gasteiger partial charge in [-0.1, -0.05) is 0 Å². The number of rotatable bonds is 3. The fourth-order valence-corrected chi connectivity index (χ4v) is 2.17. The Morgan fingerprint density at radius 3 is 2.71 bits per heavy atom. The summed E-state index contributed by atoms with van der Waals surface area (Å²) < 4.78 is 5.35. The number of carbonyl (C=O) groups is 1. The van der Waals surface area contributed by atoms with Gasteiger partial charge in [-0.15, -0.1) is 0 Å². The van der Waals surface area contributed by atoms with Crippen molar-refractivity contribution < 1.29 is 9.53 Å². The molecule has 1 N–H and O–H groups in total. The van der Waals surface area contributed by atoms with Crippen LogP contribution in [0.15, 0.2) is 37.1 Å². The maximum Gasteiger partial charge on any atom is 0.275 e. The number of ether oxygens (including phenoxy) is 1. The van der Waals surface area contributed by atoms with Gasteiger partial charge < -0.3 is 15.0 Å². The van der Waals surface area contributed by atoms with E-state index in [0.29, 0.717) is 18.9 Å². The SMILES string of the molecule is O=C(Nc1cnccc1N1CCOCC1)c1cnccn1. The molecule has 0 unspecified atom stereocenters. The maximum absolute atomic E-state index is 12.2. The van der Waals surface area contributed by atoms with Gasteiger partial charge in [-0.05, 0) is 6.07 Å². The Kier molecular flexibility index (Phi) is 4.02. The zero-order valence-corrected chi connectivity index (χ0v) is 11.4. The molecule has 3 rings (SSSR count). The van der Waals surface area contributed by atoms with Crippen molar-refractivity contribution >= 4 is 17.3 Å². The van der Waals surface area contributed by atoms with E-state index >= 15 is 0 Å². The summed E-state index contributed by atoms with van der Waals surface area (Å²) in [5.41, 5.74) is 1.87. The van der Waals surface area contributed by atoms with Crippen LogP contribution < -0.4 is 10.2 Å². The third-order valence-corrected chi connectivity index (χ3v) is 3.19. The van der Waals surface area contributed by atoms with Crippen LogP contribution in [0.4, 0.5) is 11.4 Å². The smallest absolute Gasteiger partial charge is 0.275 e. The Labute approximate surface area is 122 Å². The zero-order chi connectivity index (χ0) is 14.5. The van der Waals surface area contributed by atoms with Crippen LogP contribution in [-0.4, -0.2) is 47.2 Å². The summed E-state index contributed by atoms with van der Waals surface area (Å²) >= 11 is 0. The van der Waals surface area contributed by atoms with E-state index in [2.05, 4.69) is 25.2 Å². The number of anilines is 2. The van der Waals surface area contributed by atoms with Crippen LogP contribution in [0.2, 0.25) is 0 Å². The van der Waals surface area contributed by atoms with Gasteiger partial charge >= 0.3 is 0 Å². The van der Waals surface area contributed by atoms with Crippen molar-refractivity contribution in [2.45, 2.75) is 0 Å². The standard InChI is InChI=1S/C14H15N5O2/c20-14(12-10-16-3-4-17-12)18-11-9-15-2-1-13(11)19-5-7-21-8-6-19/h1-4,9-10H,5-8H2,(H,18,20). The number of hydrogen-bond acceptors (Lipinski definition) is 6. The Hall–Kier alpha value is -2.54. The van der Waals surface area contributed by atoms with Crippen LogP contribution in [0.3, 0.4) is 0 Å². The van der Waals surface area contributed by atoms with E-state index in [1.54, 1.807) is 12.4 Å². The minimum absolute atomic E-state index is 0.272. The highest BCUT2D eigenvalue weighted by atomic mass is 16.5. The van der Waals surface area contributed by atoms with Crippen molar-refractivity contribution in [3.63, 3.8) is 0 Å². The van der Waals surface area contributed by atoms with E-state index in [1.165, 1.54) is 18.6 Å². The highest BCUT2D eigenvalue weighted by Crippen LogP contribution is 2.25. The molecular weight excluding hydrogens is 270 g/mol. The van der Waals surface area contributed by atoms with E-state index in [4.69, 9.17) is 4.74 Å². The minimum atomic E-state index is -0.300. The number of nitrogens with zero attached hydrogens (tertiary/aromatic N) is 4. The summed E-state index contributed by atoms with van der Waals surface area (Å²) in [6.07, 6.45) is 7.79. The molecule has 0 bridgehead atoms. The molecule has 0 saturated carbocycles. The number of aromatic nitrogens is 3. The van der Waals surface area contributed by atoms with Crippen LogP contribution in [0.1, 0.15) is 10.5 Å². The van der Waals surface area contributed by atoms with E-state index in [9.17, 15) is 4.79 Å². The summed E-state index contributed by atoms with van der Waals surface area (Å²) in [6, 6.07) is 1.89. The van der Waals surface area contributed by atoms with Gasteiger partial charge in [0.15, 0.2) is 0 Å². The first-order valence-corrected chi connectivity index (χ1v) is 6.68. The van der Waals surface area contributed by atoms with Crippen molar-refractivity contribution in [1.29, 1.82) is 0 Å².